The number of phenolic OH excluding ortho intramolecular Hbond substituents is 1. The van der Waals surface area contributed by atoms with Gasteiger partial charge in [-0.15, -0.1) is 0 Å². The smallest absolute Gasteiger partial charge is 0.166 e. The van der Waals surface area contributed by atoms with Crippen molar-refractivity contribution in [1.29, 1.82) is 0 Å². The maximum atomic E-state index is 13.1. The number of hydrogen-bond acceptors (Lipinski definition) is 3. The highest BCUT2D eigenvalue weighted by Gasteiger charge is 2.06. The summed E-state index contributed by atoms with van der Waals surface area (Å²) in [5.41, 5.74) is 1.69. The molecule has 3 nitrogen and oxygen atoms in total. The molecule has 0 saturated carbocycles. The van der Waals surface area contributed by atoms with Crippen LogP contribution in [-0.2, 0) is 0 Å². The van der Waals surface area contributed by atoms with Gasteiger partial charge in [0.05, 0.1) is 0 Å². The first kappa shape index (κ1) is 11.4. The van der Waals surface area contributed by atoms with E-state index in [0.717, 1.165) is 5.56 Å². The number of halogens is 1. The Kier molecular flexibility index (Phi) is 3.23. The number of rotatable bonds is 3. The van der Waals surface area contributed by atoms with Gasteiger partial charge in [-0.25, -0.2) is 4.39 Å². The van der Waals surface area contributed by atoms with Crippen LogP contribution >= 0.6 is 0 Å². The minimum atomic E-state index is -0.628. The first-order chi connectivity index (χ1) is 8.16. The van der Waals surface area contributed by atoms with Gasteiger partial charge in [0.2, 0.25) is 0 Å². The molecule has 1 aromatic carbocycles. The number of nitrogens with one attached hydrogen (secondary N) is 1. The summed E-state index contributed by atoms with van der Waals surface area (Å²) in [6.45, 7) is 1.97. The van der Waals surface area contributed by atoms with Crippen molar-refractivity contribution in [2.75, 3.05) is 5.32 Å². The van der Waals surface area contributed by atoms with Gasteiger partial charge in [0.15, 0.2) is 11.6 Å². The lowest BCUT2D eigenvalue weighted by Crippen LogP contribution is -2.06. The maximum absolute atomic E-state index is 13.1. The Bertz CT molecular complexity index is 502. The van der Waals surface area contributed by atoms with Gasteiger partial charge in [0.25, 0.3) is 0 Å². The van der Waals surface area contributed by atoms with E-state index >= 15 is 0 Å². The molecule has 0 bridgehead atoms. The van der Waals surface area contributed by atoms with Crippen LogP contribution in [0.2, 0.25) is 0 Å². The van der Waals surface area contributed by atoms with E-state index < -0.39 is 5.82 Å². The van der Waals surface area contributed by atoms with Crippen molar-refractivity contribution in [1.82, 2.24) is 4.98 Å². The Morgan fingerprint density at radius 3 is 2.59 bits per heavy atom. The predicted octanol–water partition coefficient (Wildman–Crippen LogP) is 3.10. The molecule has 17 heavy (non-hydrogen) atoms. The van der Waals surface area contributed by atoms with Crippen LogP contribution in [-0.4, -0.2) is 10.1 Å². The SMILES string of the molecule is CC(Nc1ccc(O)c(F)c1)c1ccncc1. The lowest BCUT2D eigenvalue weighted by Gasteiger charge is -2.15. The molecule has 2 aromatic rings. The first-order valence-electron chi connectivity index (χ1n) is 5.32. The fourth-order valence-electron chi connectivity index (χ4n) is 1.58. The van der Waals surface area contributed by atoms with Crippen LogP contribution in [0.5, 0.6) is 5.75 Å². The quantitative estimate of drug-likeness (QED) is 0.799. The molecule has 1 atom stereocenters. The van der Waals surface area contributed by atoms with Crippen molar-refractivity contribution in [3.05, 3.63) is 54.1 Å². The molecule has 0 saturated heterocycles. The maximum Gasteiger partial charge on any atom is 0.166 e. The zero-order chi connectivity index (χ0) is 12.3. The van der Waals surface area contributed by atoms with Crippen LogP contribution in [0.4, 0.5) is 10.1 Å². The molecule has 2 N–H and O–H groups in total. The average Bonchev–Trinajstić information content (AvgIpc) is 2.35. The molecule has 0 fully saturated rings. The molecule has 4 heteroatoms. The third-order valence-corrected chi connectivity index (χ3v) is 2.54. The molecule has 0 aliphatic rings. The van der Waals surface area contributed by atoms with Gasteiger partial charge in [-0.1, -0.05) is 0 Å². The molecular formula is C13H13FN2O. The number of hydrogen-bond donors (Lipinski definition) is 2. The van der Waals surface area contributed by atoms with Crippen LogP contribution in [0.1, 0.15) is 18.5 Å². The van der Waals surface area contributed by atoms with E-state index in [1.807, 2.05) is 19.1 Å². The summed E-state index contributed by atoms with van der Waals surface area (Å²) in [4.78, 5) is 3.94. The Balaban J connectivity index is 2.13. The normalized spacial score (nSPS) is 12.1. The molecule has 1 aromatic heterocycles. The summed E-state index contributed by atoms with van der Waals surface area (Å²) in [5.74, 6) is -0.968. The summed E-state index contributed by atoms with van der Waals surface area (Å²) >= 11 is 0. The van der Waals surface area contributed by atoms with Crippen molar-refractivity contribution < 1.29 is 9.50 Å². The van der Waals surface area contributed by atoms with Gasteiger partial charge in [-0.3, -0.25) is 4.98 Å². The highest BCUT2D eigenvalue weighted by atomic mass is 19.1. The largest absolute Gasteiger partial charge is 0.505 e. The summed E-state index contributed by atoms with van der Waals surface area (Å²) in [6, 6.07) is 8.07. The average molecular weight is 232 g/mol. The number of phenols is 1. The van der Waals surface area contributed by atoms with E-state index in [2.05, 4.69) is 10.3 Å². The Morgan fingerprint density at radius 2 is 1.94 bits per heavy atom. The van der Waals surface area contributed by atoms with Crippen molar-refractivity contribution >= 4 is 5.69 Å². The minimum absolute atomic E-state index is 0.0435. The molecule has 0 radical (unpaired) electrons. The lowest BCUT2D eigenvalue weighted by molar-refractivity contribution is 0.432. The second kappa shape index (κ2) is 4.82. The van der Waals surface area contributed by atoms with Gasteiger partial charge >= 0.3 is 0 Å². The van der Waals surface area contributed by atoms with E-state index in [9.17, 15) is 4.39 Å². The molecule has 2 rings (SSSR count). The molecule has 0 aliphatic carbocycles. The van der Waals surface area contributed by atoms with Crippen LogP contribution < -0.4 is 5.32 Å². The highest BCUT2D eigenvalue weighted by molar-refractivity contribution is 5.48. The monoisotopic (exact) mass is 232 g/mol. The first-order valence-corrected chi connectivity index (χ1v) is 5.32. The van der Waals surface area contributed by atoms with Crippen molar-refractivity contribution in [3.63, 3.8) is 0 Å². The Morgan fingerprint density at radius 1 is 1.24 bits per heavy atom. The van der Waals surface area contributed by atoms with E-state index in [-0.39, 0.29) is 11.8 Å². The molecule has 0 amide bonds. The van der Waals surface area contributed by atoms with E-state index in [4.69, 9.17) is 5.11 Å². The van der Waals surface area contributed by atoms with Crippen molar-refractivity contribution in [2.45, 2.75) is 13.0 Å². The summed E-state index contributed by atoms with van der Waals surface area (Å²) in [6.07, 6.45) is 3.43. The number of benzene rings is 1. The Labute approximate surface area is 98.9 Å². The van der Waals surface area contributed by atoms with Crippen LogP contribution in [0.3, 0.4) is 0 Å². The topological polar surface area (TPSA) is 45.1 Å². The fraction of sp³-hybridized carbons (Fsp3) is 0.154. The van der Waals surface area contributed by atoms with Gasteiger partial charge in [-0.2, -0.15) is 0 Å². The van der Waals surface area contributed by atoms with Crippen LogP contribution in [0, 0.1) is 5.82 Å². The second-order valence-corrected chi connectivity index (χ2v) is 3.81. The van der Waals surface area contributed by atoms with Gasteiger partial charge in [0, 0.05) is 30.2 Å². The third-order valence-electron chi connectivity index (χ3n) is 2.54. The standard InChI is InChI=1S/C13H13FN2O/c1-9(10-4-6-15-7-5-10)16-11-2-3-13(17)12(14)8-11/h2-9,16-17H,1H3. The van der Waals surface area contributed by atoms with Crippen molar-refractivity contribution in [2.24, 2.45) is 0 Å². The molecule has 0 aliphatic heterocycles. The molecule has 88 valence electrons. The minimum Gasteiger partial charge on any atom is -0.505 e. The summed E-state index contributed by atoms with van der Waals surface area (Å²) in [7, 11) is 0. The highest BCUT2D eigenvalue weighted by Crippen LogP contribution is 2.23. The number of aromatic hydroxyl groups is 1. The van der Waals surface area contributed by atoms with Crippen LogP contribution in [0.15, 0.2) is 42.7 Å². The summed E-state index contributed by atoms with van der Waals surface area (Å²) in [5, 5.41) is 12.2. The lowest BCUT2D eigenvalue weighted by atomic mass is 10.1. The number of pyridine rings is 1. The molecular weight excluding hydrogens is 219 g/mol. The molecule has 1 unspecified atom stereocenters. The van der Waals surface area contributed by atoms with Gasteiger partial charge in [-0.05, 0) is 36.8 Å². The Hall–Kier alpha value is -2.10. The van der Waals surface area contributed by atoms with E-state index in [0.29, 0.717) is 5.69 Å². The predicted molar refractivity (Wildman–Crippen MR) is 64.3 cm³/mol. The molecule has 0 spiro atoms. The van der Waals surface area contributed by atoms with E-state index in [1.165, 1.54) is 12.1 Å². The third kappa shape index (κ3) is 2.72. The number of aromatic nitrogens is 1. The van der Waals surface area contributed by atoms with E-state index in [1.54, 1.807) is 18.5 Å². The zero-order valence-electron chi connectivity index (χ0n) is 9.39. The van der Waals surface area contributed by atoms with Crippen LogP contribution in [0.25, 0.3) is 0 Å². The number of nitrogens with zero attached hydrogens (tertiary/aromatic N) is 1. The second-order valence-electron chi connectivity index (χ2n) is 3.81. The molecule has 1 heterocycles. The van der Waals surface area contributed by atoms with Crippen molar-refractivity contribution in [3.8, 4) is 5.75 Å². The van der Waals surface area contributed by atoms with Gasteiger partial charge < -0.3 is 10.4 Å². The zero-order valence-corrected chi connectivity index (χ0v) is 9.39. The fourth-order valence-corrected chi connectivity index (χ4v) is 1.58. The summed E-state index contributed by atoms with van der Waals surface area (Å²) < 4.78 is 13.1. The number of anilines is 1. The van der Waals surface area contributed by atoms with Gasteiger partial charge in [0.1, 0.15) is 0 Å².